The van der Waals surface area contributed by atoms with Gasteiger partial charge in [-0.25, -0.2) is 9.59 Å². The van der Waals surface area contributed by atoms with Crippen molar-refractivity contribution in [1.29, 1.82) is 0 Å². The normalized spacial score (nSPS) is 11.5. The minimum Gasteiger partial charge on any atom is -0.494 e. The van der Waals surface area contributed by atoms with Gasteiger partial charge in [-0.1, -0.05) is 12.1 Å². The second-order valence-corrected chi connectivity index (χ2v) is 5.56. The summed E-state index contributed by atoms with van der Waals surface area (Å²) in [5, 5.41) is 14.2. The third-order valence-corrected chi connectivity index (χ3v) is 3.55. The minimum atomic E-state index is -1.02. The fourth-order valence-corrected chi connectivity index (χ4v) is 2.23. The van der Waals surface area contributed by atoms with E-state index in [9.17, 15) is 9.59 Å². The molecule has 0 aromatic heterocycles. The lowest BCUT2D eigenvalue weighted by Gasteiger charge is -2.14. The van der Waals surface area contributed by atoms with Crippen molar-refractivity contribution in [2.45, 2.75) is 25.9 Å². The summed E-state index contributed by atoms with van der Waals surface area (Å²) in [7, 11) is 0. The van der Waals surface area contributed by atoms with E-state index in [-0.39, 0.29) is 0 Å². The Labute approximate surface area is 134 Å². The molecule has 1 aromatic carbocycles. The molecule has 0 saturated heterocycles. The molecule has 1 aromatic rings. The number of carboxylic acid groups (broad SMARTS) is 1. The molecule has 1 rings (SSSR count). The average Bonchev–Trinajstić information content (AvgIpc) is 2.50. The number of carboxylic acids is 1. The molecule has 0 aliphatic heterocycles. The number of nitrogens with one attached hydrogen (secondary N) is 2. The van der Waals surface area contributed by atoms with E-state index in [4.69, 9.17) is 9.84 Å². The standard InChI is InChI=1S/C15H22N2O4S/c1-3-21-12-6-4-11(5-7-12)10-16-15(20)17-13(14(18)19)8-9-22-2/h4-7,13H,3,8-10H2,1-2H3,(H,18,19)(H2,16,17,20). The van der Waals surface area contributed by atoms with Crippen molar-refractivity contribution in [2.75, 3.05) is 18.6 Å². The molecule has 1 atom stereocenters. The van der Waals surface area contributed by atoms with E-state index in [0.29, 0.717) is 25.3 Å². The van der Waals surface area contributed by atoms with Crippen LogP contribution in [0.1, 0.15) is 18.9 Å². The largest absolute Gasteiger partial charge is 0.494 e. The van der Waals surface area contributed by atoms with Gasteiger partial charge in [-0.15, -0.1) is 0 Å². The van der Waals surface area contributed by atoms with Crippen LogP contribution in [0.2, 0.25) is 0 Å². The first-order valence-electron chi connectivity index (χ1n) is 7.04. The first-order valence-corrected chi connectivity index (χ1v) is 8.44. The summed E-state index contributed by atoms with van der Waals surface area (Å²) in [4.78, 5) is 22.8. The molecule has 2 amide bonds. The van der Waals surface area contributed by atoms with Crippen LogP contribution in [-0.2, 0) is 11.3 Å². The van der Waals surface area contributed by atoms with Gasteiger partial charge in [0.25, 0.3) is 0 Å². The van der Waals surface area contributed by atoms with Gasteiger partial charge in [0.2, 0.25) is 0 Å². The number of hydrogen-bond acceptors (Lipinski definition) is 4. The van der Waals surface area contributed by atoms with Gasteiger partial charge in [-0.2, -0.15) is 11.8 Å². The molecule has 1 unspecified atom stereocenters. The van der Waals surface area contributed by atoms with Gasteiger partial charge in [0.1, 0.15) is 11.8 Å². The third-order valence-electron chi connectivity index (χ3n) is 2.90. The molecule has 0 fully saturated rings. The van der Waals surface area contributed by atoms with E-state index < -0.39 is 18.0 Å². The molecule has 0 saturated carbocycles. The van der Waals surface area contributed by atoms with Crippen molar-refractivity contribution >= 4 is 23.8 Å². The van der Waals surface area contributed by atoms with Crippen molar-refractivity contribution in [1.82, 2.24) is 10.6 Å². The van der Waals surface area contributed by atoms with Crippen LogP contribution in [0.4, 0.5) is 4.79 Å². The molecule has 6 nitrogen and oxygen atoms in total. The van der Waals surface area contributed by atoms with Gasteiger partial charge in [0, 0.05) is 6.54 Å². The summed E-state index contributed by atoms with van der Waals surface area (Å²) >= 11 is 1.54. The Morgan fingerprint density at radius 3 is 2.55 bits per heavy atom. The molecule has 0 radical (unpaired) electrons. The smallest absolute Gasteiger partial charge is 0.326 e. The zero-order valence-corrected chi connectivity index (χ0v) is 13.6. The number of thioether (sulfide) groups is 1. The van der Waals surface area contributed by atoms with E-state index in [0.717, 1.165) is 11.3 Å². The Kier molecular flexibility index (Phi) is 8.21. The Bertz CT molecular complexity index is 479. The van der Waals surface area contributed by atoms with E-state index in [2.05, 4.69) is 10.6 Å². The molecule has 0 heterocycles. The van der Waals surface area contributed by atoms with Crippen molar-refractivity contribution in [2.24, 2.45) is 0 Å². The quantitative estimate of drug-likeness (QED) is 0.647. The van der Waals surface area contributed by atoms with Gasteiger partial charge in [-0.3, -0.25) is 0 Å². The molecule has 3 N–H and O–H groups in total. The molecule has 0 aliphatic carbocycles. The maximum atomic E-state index is 11.7. The minimum absolute atomic E-state index is 0.326. The van der Waals surface area contributed by atoms with Crippen molar-refractivity contribution in [3.05, 3.63) is 29.8 Å². The summed E-state index contributed by atoms with van der Waals surface area (Å²) in [5.41, 5.74) is 0.912. The monoisotopic (exact) mass is 326 g/mol. The van der Waals surface area contributed by atoms with Crippen LogP contribution in [-0.4, -0.2) is 41.8 Å². The topological polar surface area (TPSA) is 87.7 Å². The van der Waals surface area contributed by atoms with Crippen LogP contribution in [0, 0.1) is 0 Å². The maximum absolute atomic E-state index is 11.7. The van der Waals surface area contributed by atoms with Crippen molar-refractivity contribution < 1.29 is 19.4 Å². The van der Waals surface area contributed by atoms with E-state index in [1.807, 2.05) is 37.4 Å². The lowest BCUT2D eigenvalue weighted by molar-refractivity contribution is -0.139. The fraction of sp³-hybridized carbons (Fsp3) is 0.467. The lowest BCUT2D eigenvalue weighted by atomic mass is 10.2. The molecule has 0 bridgehead atoms. The fourth-order valence-electron chi connectivity index (χ4n) is 1.75. The van der Waals surface area contributed by atoms with E-state index in [1.54, 1.807) is 11.8 Å². The van der Waals surface area contributed by atoms with Crippen molar-refractivity contribution in [3.8, 4) is 5.75 Å². The summed E-state index contributed by atoms with van der Waals surface area (Å²) in [6, 6.07) is 6.02. The highest BCUT2D eigenvalue weighted by Crippen LogP contribution is 2.11. The predicted molar refractivity (Wildman–Crippen MR) is 87.4 cm³/mol. The lowest BCUT2D eigenvalue weighted by Crippen LogP contribution is -2.46. The van der Waals surface area contributed by atoms with Gasteiger partial charge >= 0.3 is 12.0 Å². The Morgan fingerprint density at radius 1 is 1.32 bits per heavy atom. The Balaban J connectivity index is 2.42. The summed E-state index contributed by atoms with van der Waals surface area (Å²) < 4.78 is 5.34. The van der Waals surface area contributed by atoms with Gasteiger partial charge in [-0.05, 0) is 43.0 Å². The molecular formula is C15H22N2O4S. The van der Waals surface area contributed by atoms with Crippen LogP contribution < -0.4 is 15.4 Å². The van der Waals surface area contributed by atoms with Crippen LogP contribution in [0.5, 0.6) is 5.75 Å². The number of rotatable bonds is 9. The maximum Gasteiger partial charge on any atom is 0.326 e. The highest BCUT2D eigenvalue weighted by molar-refractivity contribution is 7.98. The molecule has 7 heteroatoms. The number of carbonyl (C=O) groups excluding carboxylic acids is 1. The first kappa shape index (κ1) is 18.2. The number of ether oxygens (including phenoxy) is 1. The number of benzene rings is 1. The van der Waals surface area contributed by atoms with Crippen LogP contribution in [0.25, 0.3) is 0 Å². The molecule has 22 heavy (non-hydrogen) atoms. The number of amides is 2. The van der Waals surface area contributed by atoms with Gasteiger partial charge in [0.05, 0.1) is 6.61 Å². The molecule has 122 valence electrons. The summed E-state index contributed by atoms with van der Waals surface area (Å²) in [6.07, 6.45) is 2.29. The Hall–Kier alpha value is -1.89. The second-order valence-electron chi connectivity index (χ2n) is 4.58. The van der Waals surface area contributed by atoms with Gasteiger partial charge < -0.3 is 20.5 Å². The second kappa shape index (κ2) is 9.94. The number of urea groups is 1. The highest BCUT2D eigenvalue weighted by Gasteiger charge is 2.18. The van der Waals surface area contributed by atoms with Crippen molar-refractivity contribution in [3.63, 3.8) is 0 Å². The van der Waals surface area contributed by atoms with E-state index >= 15 is 0 Å². The molecule has 0 aliphatic rings. The first-order chi connectivity index (χ1) is 10.6. The van der Waals surface area contributed by atoms with Crippen LogP contribution >= 0.6 is 11.8 Å². The summed E-state index contributed by atoms with van der Waals surface area (Å²) in [6.45, 7) is 2.84. The average molecular weight is 326 g/mol. The predicted octanol–water partition coefficient (Wildman–Crippen LogP) is 2.09. The molecule has 0 spiro atoms. The van der Waals surface area contributed by atoms with E-state index in [1.165, 1.54) is 0 Å². The van der Waals surface area contributed by atoms with Crippen LogP contribution in [0.3, 0.4) is 0 Å². The molecular weight excluding hydrogens is 304 g/mol. The Morgan fingerprint density at radius 2 is 2.00 bits per heavy atom. The SMILES string of the molecule is CCOc1ccc(CNC(=O)NC(CCSC)C(=O)O)cc1. The zero-order valence-electron chi connectivity index (χ0n) is 12.8. The van der Waals surface area contributed by atoms with Crippen LogP contribution in [0.15, 0.2) is 24.3 Å². The zero-order chi connectivity index (χ0) is 16.4. The summed E-state index contributed by atoms with van der Waals surface area (Å²) in [5.74, 6) is 0.430. The number of carbonyl (C=O) groups is 2. The van der Waals surface area contributed by atoms with Gasteiger partial charge in [0.15, 0.2) is 0 Å². The number of aliphatic carboxylic acids is 1. The highest BCUT2D eigenvalue weighted by atomic mass is 32.2. The third kappa shape index (κ3) is 6.71. The number of hydrogen-bond donors (Lipinski definition) is 3.